The van der Waals surface area contributed by atoms with Crippen molar-refractivity contribution < 1.29 is 9.90 Å². The van der Waals surface area contributed by atoms with Gasteiger partial charge in [-0.3, -0.25) is 4.79 Å². The number of anilines is 1. The van der Waals surface area contributed by atoms with Gasteiger partial charge in [0.05, 0.1) is 5.60 Å². The summed E-state index contributed by atoms with van der Waals surface area (Å²) in [7, 11) is 0. The minimum absolute atomic E-state index is 0.170. The maximum atomic E-state index is 12.9. The molecule has 6 nitrogen and oxygen atoms in total. The van der Waals surface area contributed by atoms with Crippen LogP contribution in [0.25, 0.3) is 0 Å². The highest BCUT2D eigenvalue weighted by Crippen LogP contribution is 2.62. The van der Waals surface area contributed by atoms with E-state index in [9.17, 15) is 9.90 Å². The van der Waals surface area contributed by atoms with E-state index in [0.29, 0.717) is 17.5 Å². The number of hydrogen-bond acceptors (Lipinski definition) is 5. The summed E-state index contributed by atoms with van der Waals surface area (Å²) in [5, 5.41) is 15.2. The Labute approximate surface area is 217 Å². The Bertz CT molecular complexity index is 919. The smallest absolute Gasteiger partial charge is 0.253 e. The Morgan fingerprint density at radius 1 is 1.00 bits per heavy atom. The van der Waals surface area contributed by atoms with Gasteiger partial charge in [0.2, 0.25) is 0 Å². The second kappa shape index (κ2) is 9.59. The molecule has 36 heavy (non-hydrogen) atoms. The Balaban J connectivity index is 1.01. The van der Waals surface area contributed by atoms with Gasteiger partial charge in [0.1, 0.15) is 0 Å². The van der Waals surface area contributed by atoms with E-state index in [1.807, 2.05) is 17.0 Å². The van der Waals surface area contributed by atoms with Crippen LogP contribution in [0, 0.1) is 17.3 Å². The molecule has 3 atom stereocenters. The summed E-state index contributed by atoms with van der Waals surface area (Å²) >= 11 is 0. The number of nitrogens with one attached hydrogen (secondary N) is 1. The summed E-state index contributed by atoms with van der Waals surface area (Å²) in [6.07, 6.45) is 9.41. The van der Waals surface area contributed by atoms with Crippen molar-refractivity contribution in [2.24, 2.45) is 17.3 Å². The molecule has 6 heteroatoms. The number of benzene rings is 1. The molecule has 0 spiro atoms. The fourth-order valence-electron chi connectivity index (χ4n) is 8.89. The molecule has 6 aliphatic rings. The molecule has 1 aromatic carbocycles. The Morgan fingerprint density at radius 2 is 1.64 bits per heavy atom. The van der Waals surface area contributed by atoms with Gasteiger partial charge in [0, 0.05) is 62.6 Å². The number of nitrogens with zero attached hydrogens (tertiary/aromatic N) is 3. The molecule has 1 amide bonds. The minimum atomic E-state index is -0.374. The van der Waals surface area contributed by atoms with Crippen LogP contribution in [-0.2, 0) is 0 Å². The van der Waals surface area contributed by atoms with Gasteiger partial charge in [-0.1, -0.05) is 6.92 Å². The molecule has 2 N–H and O–H groups in total. The molecule has 198 valence electrons. The van der Waals surface area contributed by atoms with Crippen LogP contribution in [0.15, 0.2) is 24.3 Å². The lowest BCUT2D eigenvalue weighted by Gasteiger charge is -2.62. The normalized spacial score (nSPS) is 35.9. The van der Waals surface area contributed by atoms with Crippen molar-refractivity contribution in [1.82, 2.24) is 15.1 Å². The summed E-state index contributed by atoms with van der Waals surface area (Å²) in [6, 6.07) is 9.36. The number of amides is 1. The number of likely N-dealkylation sites (N-methyl/N-ethyl adjacent to an activating group) is 1. The maximum absolute atomic E-state index is 12.9. The van der Waals surface area contributed by atoms with Crippen molar-refractivity contribution in [2.45, 2.75) is 82.9 Å². The summed E-state index contributed by atoms with van der Waals surface area (Å²) in [5.41, 5.74) is 1.98. The van der Waals surface area contributed by atoms with Crippen molar-refractivity contribution in [2.75, 3.05) is 50.7 Å². The highest BCUT2D eigenvalue weighted by molar-refractivity contribution is 5.94. The fraction of sp³-hybridized carbons (Fsp3) is 0.767. The second-order valence-electron chi connectivity index (χ2n) is 13.0. The van der Waals surface area contributed by atoms with E-state index in [0.717, 1.165) is 95.3 Å². The highest BCUT2D eigenvalue weighted by Gasteiger charge is 2.58. The Kier molecular flexibility index (Phi) is 6.58. The first-order valence-electron chi connectivity index (χ1n) is 14.7. The molecule has 7 rings (SSSR count). The Hall–Kier alpha value is -1.63. The van der Waals surface area contributed by atoms with E-state index in [-0.39, 0.29) is 11.5 Å². The standard InChI is InChI=1S/C30H46N4O2/c1-3-32-12-14-34(15-13-32)28(35)25-4-6-27(7-5-25)33-10-8-26(9-11-33)31-22(2)29-17-23-16-24(18-29)20-30(36,19-23)21-29/h4-7,22-24,26,31,36H,3,8-21H2,1-2H3/t22-,23-,24-,29?,30?/m1/s1. The summed E-state index contributed by atoms with van der Waals surface area (Å²) in [4.78, 5) is 19.8. The first-order chi connectivity index (χ1) is 17.3. The molecule has 0 unspecified atom stereocenters. The quantitative estimate of drug-likeness (QED) is 0.631. The van der Waals surface area contributed by atoms with Crippen LogP contribution < -0.4 is 10.2 Å². The molecule has 1 aromatic rings. The molecule has 2 heterocycles. The number of hydrogen-bond donors (Lipinski definition) is 2. The summed E-state index contributed by atoms with van der Waals surface area (Å²) in [6.45, 7) is 11.4. The predicted molar refractivity (Wildman–Crippen MR) is 144 cm³/mol. The van der Waals surface area contributed by atoms with Gasteiger partial charge in [0.25, 0.3) is 5.91 Å². The monoisotopic (exact) mass is 494 g/mol. The molecule has 4 aliphatic carbocycles. The van der Waals surface area contributed by atoms with Crippen LogP contribution in [0.1, 0.15) is 75.6 Å². The minimum Gasteiger partial charge on any atom is -0.390 e. The van der Waals surface area contributed by atoms with Crippen molar-refractivity contribution >= 4 is 11.6 Å². The van der Waals surface area contributed by atoms with E-state index in [1.54, 1.807) is 0 Å². The summed E-state index contributed by atoms with van der Waals surface area (Å²) in [5.74, 6) is 1.67. The van der Waals surface area contributed by atoms with E-state index in [4.69, 9.17) is 0 Å². The molecule has 2 saturated heterocycles. The first kappa shape index (κ1) is 24.7. The van der Waals surface area contributed by atoms with Gasteiger partial charge in [-0.25, -0.2) is 0 Å². The number of piperazine rings is 1. The van der Waals surface area contributed by atoms with Crippen LogP contribution >= 0.6 is 0 Å². The van der Waals surface area contributed by atoms with Gasteiger partial charge in [-0.2, -0.15) is 0 Å². The molecular formula is C30H46N4O2. The van der Waals surface area contributed by atoms with Crippen LogP contribution in [-0.4, -0.2) is 84.3 Å². The van der Waals surface area contributed by atoms with E-state index in [2.05, 4.69) is 41.1 Å². The van der Waals surface area contributed by atoms with Gasteiger partial charge in [-0.15, -0.1) is 0 Å². The van der Waals surface area contributed by atoms with Crippen LogP contribution in [0.4, 0.5) is 5.69 Å². The van der Waals surface area contributed by atoms with Gasteiger partial charge < -0.3 is 25.1 Å². The van der Waals surface area contributed by atoms with Gasteiger partial charge in [0.15, 0.2) is 0 Å². The number of carbonyl (C=O) groups excluding carboxylic acids is 1. The van der Waals surface area contributed by atoms with Crippen molar-refractivity contribution in [3.05, 3.63) is 29.8 Å². The largest absolute Gasteiger partial charge is 0.390 e. The SMILES string of the molecule is CCN1CCN(C(=O)c2ccc(N3CCC(N[C@H](C)C45C[C@H]6C[C@@H](CC(O)(C6)C4)C5)CC3)cc2)CC1. The number of rotatable bonds is 6. The van der Waals surface area contributed by atoms with Gasteiger partial charge in [-0.05, 0) is 106 Å². The van der Waals surface area contributed by atoms with E-state index in [1.165, 1.54) is 24.9 Å². The average Bonchev–Trinajstić information content (AvgIpc) is 2.87. The van der Waals surface area contributed by atoms with E-state index >= 15 is 0 Å². The zero-order valence-electron chi connectivity index (χ0n) is 22.4. The number of aliphatic hydroxyl groups is 1. The van der Waals surface area contributed by atoms with E-state index < -0.39 is 0 Å². The third-order valence-corrected chi connectivity index (χ3v) is 10.6. The van der Waals surface area contributed by atoms with Crippen LogP contribution in [0.5, 0.6) is 0 Å². The highest BCUT2D eigenvalue weighted by atomic mass is 16.3. The lowest BCUT2D eigenvalue weighted by Crippen LogP contribution is -2.62. The van der Waals surface area contributed by atoms with Crippen molar-refractivity contribution in [1.29, 1.82) is 0 Å². The van der Waals surface area contributed by atoms with Crippen molar-refractivity contribution in [3.63, 3.8) is 0 Å². The van der Waals surface area contributed by atoms with Crippen LogP contribution in [0.3, 0.4) is 0 Å². The second-order valence-corrected chi connectivity index (χ2v) is 13.0. The van der Waals surface area contributed by atoms with Crippen LogP contribution in [0.2, 0.25) is 0 Å². The molecule has 2 aliphatic heterocycles. The number of carbonyl (C=O) groups is 1. The lowest BCUT2D eigenvalue weighted by atomic mass is 9.46. The first-order valence-corrected chi connectivity index (χ1v) is 14.7. The number of piperidine rings is 1. The third-order valence-electron chi connectivity index (χ3n) is 10.6. The molecule has 4 saturated carbocycles. The van der Waals surface area contributed by atoms with Gasteiger partial charge >= 0.3 is 0 Å². The third kappa shape index (κ3) is 4.69. The van der Waals surface area contributed by atoms with Crippen molar-refractivity contribution in [3.8, 4) is 0 Å². The average molecular weight is 495 g/mol. The molecule has 0 radical (unpaired) electrons. The summed E-state index contributed by atoms with van der Waals surface area (Å²) < 4.78 is 0. The zero-order valence-corrected chi connectivity index (χ0v) is 22.4. The zero-order chi connectivity index (χ0) is 24.9. The molecule has 6 fully saturated rings. The topological polar surface area (TPSA) is 59.0 Å². The fourth-order valence-corrected chi connectivity index (χ4v) is 8.89. The maximum Gasteiger partial charge on any atom is 0.253 e. The molecule has 4 bridgehead atoms. The molecule has 0 aromatic heterocycles. The lowest BCUT2D eigenvalue weighted by molar-refractivity contribution is -0.172. The Morgan fingerprint density at radius 3 is 2.22 bits per heavy atom. The molecular weight excluding hydrogens is 448 g/mol. The predicted octanol–water partition coefficient (Wildman–Crippen LogP) is 3.74.